The highest BCUT2D eigenvalue weighted by Gasteiger charge is 2.23. The van der Waals surface area contributed by atoms with Gasteiger partial charge in [-0.05, 0) is 36.5 Å². The maximum absolute atomic E-state index is 11.4. The Bertz CT molecular complexity index is 441. The third kappa shape index (κ3) is 4.43. The summed E-state index contributed by atoms with van der Waals surface area (Å²) in [6.07, 6.45) is 1.13. The molecule has 1 aromatic carbocycles. The Morgan fingerprint density at radius 3 is 2.63 bits per heavy atom. The van der Waals surface area contributed by atoms with Gasteiger partial charge in [0.25, 0.3) is 0 Å². The molecule has 0 aliphatic heterocycles. The van der Waals surface area contributed by atoms with Crippen molar-refractivity contribution in [1.82, 2.24) is 0 Å². The smallest absolute Gasteiger partial charge is 0.305 e. The number of benzene rings is 1. The van der Waals surface area contributed by atoms with E-state index in [9.17, 15) is 4.79 Å². The van der Waals surface area contributed by atoms with Crippen molar-refractivity contribution in [2.75, 3.05) is 13.7 Å². The van der Waals surface area contributed by atoms with Gasteiger partial charge in [-0.1, -0.05) is 31.5 Å². The fraction of sp³-hybridized carbons (Fsp3) is 0.533. The Morgan fingerprint density at radius 2 is 2.05 bits per heavy atom. The maximum atomic E-state index is 11.4. The van der Waals surface area contributed by atoms with E-state index in [4.69, 9.17) is 21.1 Å². The standard InChI is InChI=1S/C15H21ClO3/c1-5-19-14(17)8-9-15(2,3)11-6-7-12(16)13(10-11)18-4/h6-7,10H,5,8-9H2,1-4H3. The number of hydrogen-bond donors (Lipinski definition) is 0. The van der Waals surface area contributed by atoms with Gasteiger partial charge in [-0.15, -0.1) is 0 Å². The number of esters is 1. The summed E-state index contributed by atoms with van der Waals surface area (Å²) in [5.41, 5.74) is 0.961. The van der Waals surface area contributed by atoms with Crippen molar-refractivity contribution >= 4 is 17.6 Å². The second-order valence-corrected chi connectivity index (χ2v) is 5.45. The average molecular weight is 285 g/mol. The number of carbonyl (C=O) groups is 1. The van der Waals surface area contributed by atoms with Crippen LogP contribution < -0.4 is 4.74 Å². The van der Waals surface area contributed by atoms with Gasteiger partial charge in [-0.25, -0.2) is 0 Å². The van der Waals surface area contributed by atoms with Gasteiger partial charge in [0, 0.05) is 6.42 Å². The predicted molar refractivity (Wildman–Crippen MR) is 76.9 cm³/mol. The fourth-order valence-corrected chi connectivity index (χ4v) is 2.07. The lowest BCUT2D eigenvalue weighted by atomic mass is 9.80. The molecule has 0 aromatic heterocycles. The molecule has 0 radical (unpaired) electrons. The zero-order valence-corrected chi connectivity index (χ0v) is 12.7. The molecule has 0 bridgehead atoms. The normalized spacial score (nSPS) is 11.2. The zero-order valence-electron chi connectivity index (χ0n) is 12.0. The summed E-state index contributed by atoms with van der Waals surface area (Å²) < 4.78 is 10.2. The quantitative estimate of drug-likeness (QED) is 0.742. The van der Waals surface area contributed by atoms with Crippen molar-refractivity contribution in [2.24, 2.45) is 0 Å². The van der Waals surface area contributed by atoms with Gasteiger partial charge in [0.05, 0.1) is 18.7 Å². The molecule has 0 saturated heterocycles. The van der Waals surface area contributed by atoms with Crippen LogP contribution >= 0.6 is 11.6 Å². The van der Waals surface area contributed by atoms with Crippen LogP contribution in [0.2, 0.25) is 5.02 Å². The third-order valence-electron chi connectivity index (χ3n) is 3.19. The minimum absolute atomic E-state index is 0.134. The first-order valence-electron chi connectivity index (χ1n) is 6.40. The Morgan fingerprint density at radius 1 is 1.37 bits per heavy atom. The van der Waals surface area contributed by atoms with E-state index < -0.39 is 0 Å². The first-order chi connectivity index (χ1) is 8.90. The van der Waals surface area contributed by atoms with E-state index in [-0.39, 0.29) is 11.4 Å². The SMILES string of the molecule is CCOC(=O)CCC(C)(C)c1ccc(Cl)c(OC)c1. The van der Waals surface area contributed by atoms with Crippen LogP contribution in [0.5, 0.6) is 5.75 Å². The lowest BCUT2D eigenvalue weighted by Crippen LogP contribution is -2.19. The molecule has 0 fully saturated rings. The van der Waals surface area contributed by atoms with Crippen molar-refractivity contribution in [3.63, 3.8) is 0 Å². The molecule has 0 heterocycles. The van der Waals surface area contributed by atoms with Gasteiger partial charge in [0.2, 0.25) is 0 Å². The Hall–Kier alpha value is -1.22. The second kappa shape index (κ2) is 6.80. The molecule has 0 atom stereocenters. The third-order valence-corrected chi connectivity index (χ3v) is 3.50. The van der Waals surface area contributed by atoms with Crippen LogP contribution in [0.3, 0.4) is 0 Å². The average Bonchev–Trinajstić information content (AvgIpc) is 2.37. The number of rotatable bonds is 6. The molecule has 1 aromatic rings. The summed E-state index contributed by atoms with van der Waals surface area (Å²) in [5.74, 6) is 0.500. The molecule has 0 aliphatic carbocycles. The molecular formula is C15H21ClO3. The van der Waals surface area contributed by atoms with Gasteiger partial charge in [0.15, 0.2) is 0 Å². The Kier molecular flexibility index (Phi) is 5.67. The van der Waals surface area contributed by atoms with Crippen molar-refractivity contribution in [2.45, 2.75) is 39.0 Å². The highest BCUT2D eigenvalue weighted by Crippen LogP contribution is 2.34. The summed E-state index contributed by atoms with van der Waals surface area (Å²) in [4.78, 5) is 11.4. The molecule has 0 aliphatic rings. The van der Waals surface area contributed by atoms with Crippen molar-refractivity contribution < 1.29 is 14.3 Å². The maximum Gasteiger partial charge on any atom is 0.305 e. The van der Waals surface area contributed by atoms with E-state index in [0.717, 1.165) is 12.0 Å². The van der Waals surface area contributed by atoms with Crippen molar-refractivity contribution in [3.8, 4) is 5.75 Å². The minimum Gasteiger partial charge on any atom is -0.495 e. The van der Waals surface area contributed by atoms with E-state index in [0.29, 0.717) is 23.8 Å². The summed E-state index contributed by atoms with van der Waals surface area (Å²) in [7, 11) is 1.59. The molecule has 19 heavy (non-hydrogen) atoms. The summed E-state index contributed by atoms with van der Waals surface area (Å²) in [6, 6.07) is 5.71. The Balaban J connectivity index is 2.79. The molecule has 0 amide bonds. The van der Waals surface area contributed by atoms with Gasteiger partial charge in [0.1, 0.15) is 5.75 Å². The first-order valence-corrected chi connectivity index (χ1v) is 6.78. The van der Waals surface area contributed by atoms with Gasteiger partial charge in [-0.2, -0.15) is 0 Å². The highest BCUT2D eigenvalue weighted by molar-refractivity contribution is 6.32. The minimum atomic E-state index is -0.156. The van der Waals surface area contributed by atoms with Gasteiger partial charge < -0.3 is 9.47 Å². The fourth-order valence-electron chi connectivity index (χ4n) is 1.87. The number of ether oxygens (including phenoxy) is 2. The summed E-state index contributed by atoms with van der Waals surface area (Å²) >= 11 is 6.02. The van der Waals surface area contributed by atoms with Crippen LogP contribution in [0.25, 0.3) is 0 Å². The van der Waals surface area contributed by atoms with Crippen LogP contribution in [0.15, 0.2) is 18.2 Å². The largest absolute Gasteiger partial charge is 0.495 e. The van der Waals surface area contributed by atoms with Crippen molar-refractivity contribution in [1.29, 1.82) is 0 Å². The summed E-state index contributed by atoms with van der Waals surface area (Å²) in [5, 5.41) is 0.590. The molecular weight excluding hydrogens is 264 g/mol. The molecule has 0 N–H and O–H groups in total. The molecule has 0 spiro atoms. The van der Waals surface area contributed by atoms with Crippen LogP contribution in [-0.4, -0.2) is 19.7 Å². The summed E-state index contributed by atoms with van der Waals surface area (Å²) in [6.45, 7) is 6.42. The molecule has 3 nitrogen and oxygen atoms in total. The molecule has 4 heteroatoms. The van der Waals surface area contributed by atoms with Crippen LogP contribution in [0, 0.1) is 0 Å². The van der Waals surface area contributed by atoms with Crippen LogP contribution in [0.1, 0.15) is 39.2 Å². The van der Waals surface area contributed by atoms with Crippen LogP contribution in [0.4, 0.5) is 0 Å². The van der Waals surface area contributed by atoms with E-state index >= 15 is 0 Å². The number of carbonyl (C=O) groups excluding carboxylic acids is 1. The van der Waals surface area contributed by atoms with Gasteiger partial charge >= 0.3 is 5.97 Å². The monoisotopic (exact) mass is 284 g/mol. The number of halogens is 1. The predicted octanol–water partition coefficient (Wildman–Crippen LogP) is 3.97. The Labute approximate surface area is 119 Å². The zero-order chi connectivity index (χ0) is 14.5. The molecule has 0 unspecified atom stereocenters. The van der Waals surface area contributed by atoms with Gasteiger partial charge in [-0.3, -0.25) is 4.79 Å². The van der Waals surface area contributed by atoms with E-state index in [1.54, 1.807) is 7.11 Å². The lowest BCUT2D eigenvalue weighted by molar-refractivity contribution is -0.143. The number of methoxy groups -OCH3 is 1. The van der Waals surface area contributed by atoms with Crippen LogP contribution in [-0.2, 0) is 14.9 Å². The van der Waals surface area contributed by atoms with E-state index in [2.05, 4.69) is 13.8 Å². The number of hydrogen-bond acceptors (Lipinski definition) is 3. The molecule has 106 valence electrons. The van der Waals surface area contributed by atoms with E-state index in [1.807, 2.05) is 25.1 Å². The highest BCUT2D eigenvalue weighted by atomic mass is 35.5. The second-order valence-electron chi connectivity index (χ2n) is 5.04. The van der Waals surface area contributed by atoms with Crippen molar-refractivity contribution in [3.05, 3.63) is 28.8 Å². The molecule has 0 saturated carbocycles. The van der Waals surface area contributed by atoms with E-state index in [1.165, 1.54) is 0 Å². The topological polar surface area (TPSA) is 35.5 Å². The lowest BCUT2D eigenvalue weighted by Gasteiger charge is -2.25. The molecule has 1 rings (SSSR count). The first kappa shape index (κ1) is 15.8.